The molecule has 0 bridgehead atoms. The van der Waals surface area contributed by atoms with Crippen molar-refractivity contribution in [1.29, 1.82) is 0 Å². The third-order valence-corrected chi connectivity index (χ3v) is 5.39. The highest BCUT2D eigenvalue weighted by Gasteiger charge is 2.31. The maximum Gasteiger partial charge on any atom is 0.334 e. The summed E-state index contributed by atoms with van der Waals surface area (Å²) in [5.74, 6) is 0.535. The molecule has 118 valence electrons. The van der Waals surface area contributed by atoms with Gasteiger partial charge in [0.2, 0.25) is 5.82 Å². The molecule has 0 atom stereocenters. The number of sulfone groups is 1. The topological polar surface area (TPSA) is 107 Å². The number of hydrogen-bond donors (Lipinski definition) is 1. The van der Waals surface area contributed by atoms with Gasteiger partial charge < -0.3 is 5.32 Å². The lowest BCUT2D eigenvalue weighted by molar-refractivity contribution is -0.384. The van der Waals surface area contributed by atoms with Crippen molar-refractivity contribution in [3.63, 3.8) is 0 Å². The number of rotatable bonds is 4. The molecule has 2 heterocycles. The predicted octanol–water partition coefficient (Wildman–Crippen LogP) is 1.44. The Bertz CT molecular complexity index is 636. The van der Waals surface area contributed by atoms with E-state index < -0.39 is 14.8 Å². The van der Waals surface area contributed by atoms with Crippen LogP contribution in [0.2, 0.25) is 0 Å². The van der Waals surface area contributed by atoms with Crippen LogP contribution in [0.15, 0.2) is 0 Å². The fraction of sp³-hybridized carbons (Fsp3) is 0.750. The smallest absolute Gasteiger partial charge is 0.334 e. The largest absolute Gasteiger partial charge is 0.362 e. The van der Waals surface area contributed by atoms with Crippen LogP contribution in [0.25, 0.3) is 0 Å². The Morgan fingerprint density at radius 2 is 1.95 bits per heavy atom. The van der Waals surface area contributed by atoms with Gasteiger partial charge in [-0.3, -0.25) is 10.1 Å². The standard InChI is InChI=1S/C12H20N4O4S/c1-8(2)10-11(16(17)18)12(15(3)14-10)13-9-4-6-21(19,20)7-5-9/h8-9,13H,4-7H2,1-3H3. The van der Waals surface area contributed by atoms with Crippen molar-refractivity contribution < 1.29 is 13.3 Å². The highest BCUT2D eigenvalue weighted by atomic mass is 32.2. The average Bonchev–Trinajstić information content (AvgIpc) is 2.70. The van der Waals surface area contributed by atoms with E-state index in [1.54, 1.807) is 7.05 Å². The molecule has 9 heteroatoms. The summed E-state index contributed by atoms with van der Waals surface area (Å²) in [5.41, 5.74) is 0.425. The normalized spacial score (nSPS) is 18.9. The Labute approximate surface area is 123 Å². The fourth-order valence-electron chi connectivity index (χ4n) is 2.49. The summed E-state index contributed by atoms with van der Waals surface area (Å²) in [7, 11) is -1.30. The second kappa shape index (κ2) is 5.63. The second-order valence-corrected chi connectivity index (χ2v) is 7.99. The van der Waals surface area contributed by atoms with Crippen molar-refractivity contribution in [3.05, 3.63) is 15.8 Å². The van der Waals surface area contributed by atoms with E-state index in [9.17, 15) is 18.5 Å². The van der Waals surface area contributed by atoms with Gasteiger partial charge in [-0.05, 0) is 12.8 Å². The first-order valence-electron chi connectivity index (χ1n) is 6.89. The lowest BCUT2D eigenvalue weighted by Crippen LogP contribution is -2.32. The minimum atomic E-state index is -2.95. The number of hydrogen-bond acceptors (Lipinski definition) is 6. The van der Waals surface area contributed by atoms with Gasteiger partial charge in [0.1, 0.15) is 15.5 Å². The number of anilines is 1. The van der Waals surface area contributed by atoms with E-state index in [1.165, 1.54) is 4.68 Å². The highest BCUT2D eigenvalue weighted by molar-refractivity contribution is 7.91. The van der Waals surface area contributed by atoms with Crippen molar-refractivity contribution in [3.8, 4) is 0 Å². The molecule has 0 saturated carbocycles. The van der Waals surface area contributed by atoms with Crippen LogP contribution in [-0.2, 0) is 16.9 Å². The molecule has 1 saturated heterocycles. The maximum atomic E-state index is 11.4. The Morgan fingerprint density at radius 1 is 1.38 bits per heavy atom. The molecule has 21 heavy (non-hydrogen) atoms. The molecule has 0 aromatic carbocycles. The van der Waals surface area contributed by atoms with Crippen molar-refractivity contribution >= 4 is 21.3 Å². The zero-order chi connectivity index (χ0) is 15.8. The molecule has 0 spiro atoms. The van der Waals surface area contributed by atoms with E-state index in [-0.39, 0.29) is 29.2 Å². The van der Waals surface area contributed by atoms with Gasteiger partial charge in [-0.2, -0.15) is 5.10 Å². The summed E-state index contributed by atoms with van der Waals surface area (Å²) in [6.45, 7) is 3.71. The summed E-state index contributed by atoms with van der Waals surface area (Å²) >= 11 is 0. The molecular formula is C12H20N4O4S. The van der Waals surface area contributed by atoms with Crippen LogP contribution in [0, 0.1) is 10.1 Å². The maximum absolute atomic E-state index is 11.4. The molecule has 0 aliphatic carbocycles. The number of aryl methyl sites for hydroxylation is 1. The number of nitro groups is 1. The van der Waals surface area contributed by atoms with E-state index in [4.69, 9.17) is 0 Å². The van der Waals surface area contributed by atoms with Crippen LogP contribution in [0.5, 0.6) is 0 Å². The molecule has 0 radical (unpaired) electrons. The minimum absolute atomic E-state index is 0.0130. The Kier molecular flexibility index (Phi) is 4.22. The van der Waals surface area contributed by atoms with Crippen LogP contribution in [0.4, 0.5) is 11.5 Å². The Hall–Kier alpha value is -1.64. The zero-order valence-corrected chi connectivity index (χ0v) is 13.2. The molecule has 2 rings (SSSR count). The van der Waals surface area contributed by atoms with Crippen molar-refractivity contribution in [2.24, 2.45) is 7.05 Å². The van der Waals surface area contributed by atoms with Crippen LogP contribution in [0.3, 0.4) is 0 Å². The van der Waals surface area contributed by atoms with Gasteiger partial charge in [0.25, 0.3) is 0 Å². The monoisotopic (exact) mass is 316 g/mol. The van der Waals surface area contributed by atoms with E-state index in [2.05, 4.69) is 10.4 Å². The van der Waals surface area contributed by atoms with E-state index in [0.29, 0.717) is 24.4 Å². The first-order chi connectivity index (χ1) is 9.71. The summed E-state index contributed by atoms with van der Waals surface area (Å²) in [6, 6.07) is -0.0809. The number of aromatic nitrogens is 2. The van der Waals surface area contributed by atoms with Gasteiger partial charge in [-0.1, -0.05) is 13.8 Å². The third-order valence-electron chi connectivity index (χ3n) is 3.67. The van der Waals surface area contributed by atoms with Gasteiger partial charge in [0, 0.05) is 19.0 Å². The molecule has 1 aliphatic rings. The first-order valence-corrected chi connectivity index (χ1v) is 8.71. The van der Waals surface area contributed by atoms with Crippen LogP contribution in [0.1, 0.15) is 38.3 Å². The molecular weight excluding hydrogens is 296 g/mol. The van der Waals surface area contributed by atoms with Crippen LogP contribution < -0.4 is 5.32 Å². The van der Waals surface area contributed by atoms with Crippen molar-refractivity contribution in [2.75, 3.05) is 16.8 Å². The number of nitrogens with one attached hydrogen (secondary N) is 1. The summed E-state index contributed by atoms with van der Waals surface area (Å²) in [6.07, 6.45) is 0.920. The van der Waals surface area contributed by atoms with E-state index >= 15 is 0 Å². The van der Waals surface area contributed by atoms with Crippen molar-refractivity contribution in [1.82, 2.24) is 9.78 Å². The molecule has 1 N–H and O–H groups in total. The average molecular weight is 316 g/mol. The van der Waals surface area contributed by atoms with Crippen molar-refractivity contribution in [2.45, 2.75) is 38.6 Å². The quantitative estimate of drug-likeness (QED) is 0.665. The molecule has 1 aromatic rings. The molecule has 0 amide bonds. The zero-order valence-electron chi connectivity index (χ0n) is 12.4. The lowest BCUT2D eigenvalue weighted by Gasteiger charge is -2.23. The fourth-order valence-corrected chi connectivity index (χ4v) is 3.98. The third kappa shape index (κ3) is 3.34. The molecule has 1 fully saturated rings. The van der Waals surface area contributed by atoms with Crippen LogP contribution in [-0.4, -0.2) is 40.7 Å². The predicted molar refractivity (Wildman–Crippen MR) is 79.2 cm³/mol. The highest BCUT2D eigenvalue weighted by Crippen LogP contribution is 2.34. The Balaban J connectivity index is 2.26. The van der Waals surface area contributed by atoms with Gasteiger partial charge in [0.05, 0.1) is 16.4 Å². The first kappa shape index (κ1) is 15.7. The molecule has 1 aliphatic heterocycles. The molecule has 8 nitrogen and oxygen atoms in total. The van der Waals surface area contributed by atoms with Gasteiger partial charge in [0.15, 0.2) is 0 Å². The minimum Gasteiger partial charge on any atom is -0.362 e. The summed E-state index contributed by atoms with van der Waals surface area (Å²) < 4.78 is 24.3. The van der Waals surface area contributed by atoms with Crippen LogP contribution >= 0.6 is 0 Å². The summed E-state index contributed by atoms with van der Waals surface area (Å²) in [5, 5.41) is 18.6. The van der Waals surface area contributed by atoms with Gasteiger partial charge in [-0.15, -0.1) is 0 Å². The second-order valence-electron chi connectivity index (χ2n) is 5.69. The van der Waals surface area contributed by atoms with E-state index in [0.717, 1.165) is 0 Å². The Morgan fingerprint density at radius 3 is 2.43 bits per heavy atom. The summed E-state index contributed by atoms with van der Waals surface area (Å²) in [4.78, 5) is 10.9. The van der Waals surface area contributed by atoms with Gasteiger partial charge in [-0.25, -0.2) is 13.1 Å². The van der Waals surface area contributed by atoms with Gasteiger partial charge >= 0.3 is 5.69 Å². The molecule has 0 unspecified atom stereocenters. The SMILES string of the molecule is CC(C)c1nn(C)c(NC2CCS(=O)(=O)CC2)c1[N+](=O)[O-]. The molecule has 1 aromatic heterocycles. The van der Waals surface area contributed by atoms with E-state index in [1.807, 2.05) is 13.8 Å². The lowest BCUT2D eigenvalue weighted by atomic mass is 10.1. The number of nitrogens with zero attached hydrogens (tertiary/aromatic N) is 3.